The number of carbonyl (C=O) groups excluding carboxylic acids is 2. The Labute approximate surface area is 158 Å². The molecule has 0 saturated heterocycles. The van der Waals surface area contributed by atoms with Gasteiger partial charge in [0.2, 0.25) is 0 Å². The summed E-state index contributed by atoms with van der Waals surface area (Å²) in [7, 11) is 1.52. The van der Waals surface area contributed by atoms with E-state index in [9.17, 15) is 14.7 Å². The van der Waals surface area contributed by atoms with Gasteiger partial charge in [-0.05, 0) is 24.6 Å². The first kappa shape index (κ1) is 18.7. The Balaban J connectivity index is 2.24. The molecular formula is C22H23NO4. The van der Waals surface area contributed by atoms with E-state index in [0.717, 1.165) is 11.1 Å². The van der Waals surface area contributed by atoms with E-state index in [4.69, 9.17) is 4.74 Å². The molecule has 0 fully saturated rings. The second-order valence-electron chi connectivity index (χ2n) is 6.94. The zero-order chi connectivity index (χ0) is 19.7. The summed E-state index contributed by atoms with van der Waals surface area (Å²) in [6, 6.07) is 14.0. The van der Waals surface area contributed by atoms with Crippen LogP contribution in [0.3, 0.4) is 0 Å². The largest absolute Gasteiger partial charge is 0.503 e. The highest BCUT2D eigenvalue weighted by Crippen LogP contribution is 2.44. The molecule has 0 spiro atoms. The van der Waals surface area contributed by atoms with Crippen molar-refractivity contribution in [2.24, 2.45) is 5.92 Å². The number of benzene rings is 2. The second-order valence-corrected chi connectivity index (χ2v) is 6.94. The quantitative estimate of drug-likeness (QED) is 0.865. The third-order valence-electron chi connectivity index (χ3n) is 4.70. The molecule has 1 aliphatic heterocycles. The van der Waals surface area contributed by atoms with E-state index >= 15 is 0 Å². The number of aliphatic hydroxyl groups is 1. The number of aryl methyl sites for hydroxylation is 1. The number of para-hydroxylation sites is 2. The van der Waals surface area contributed by atoms with Crippen molar-refractivity contribution in [3.63, 3.8) is 0 Å². The standard InChI is InChI=1S/C22H23NO4/c1-13(2)20(24)18-19(15-9-7-8-14(3)12-15)23(22(26)21(18)25)16-10-5-6-11-17(16)27-4/h5-13,19,25H,1-4H3. The average Bonchev–Trinajstić information content (AvgIpc) is 2.92. The molecule has 0 aliphatic carbocycles. The highest BCUT2D eigenvalue weighted by molar-refractivity contribution is 6.17. The number of amides is 1. The third kappa shape index (κ3) is 3.21. The molecule has 1 aliphatic rings. The van der Waals surface area contributed by atoms with Crippen LogP contribution in [-0.4, -0.2) is 23.9 Å². The highest BCUT2D eigenvalue weighted by atomic mass is 16.5. The monoisotopic (exact) mass is 365 g/mol. The fraction of sp³-hybridized carbons (Fsp3) is 0.273. The topological polar surface area (TPSA) is 66.8 Å². The lowest BCUT2D eigenvalue weighted by Crippen LogP contribution is -2.31. The maximum absolute atomic E-state index is 13.0. The number of ether oxygens (including phenoxy) is 1. The van der Waals surface area contributed by atoms with Crippen LogP contribution in [0.25, 0.3) is 0 Å². The molecule has 1 amide bonds. The van der Waals surface area contributed by atoms with E-state index in [0.29, 0.717) is 11.4 Å². The molecule has 0 saturated carbocycles. The summed E-state index contributed by atoms with van der Waals surface area (Å²) in [5, 5.41) is 10.6. The first-order valence-electron chi connectivity index (χ1n) is 8.87. The van der Waals surface area contributed by atoms with Gasteiger partial charge in [0.15, 0.2) is 11.5 Å². The van der Waals surface area contributed by atoms with Crippen LogP contribution in [0, 0.1) is 12.8 Å². The molecule has 3 rings (SSSR count). The Morgan fingerprint density at radius 2 is 1.85 bits per heavy atom. The SMILES string of the molecule is COc1ccccc1N1C(=O)C(O)=C(C(=O)C(C)C)C1c1cccc(C)c1. The lowest BCUT2D eigenvalue weighted by atomic mass is 9.90. The molecule has 140 valence electrons. The van der Waals surface area contributed by atoms with E-state index in [1.807, 2.05) is 31.2 Å². The lowest BCUT2D eigenvalue weighted by molar-refractivity contribution is -0.119. The number of ketones is 1. The Morgan fingerprint density at radius 1 is 1.15 bits per heavy atom. The molecule has 1 atom stereocenters. The van der Waals surface area contributed by atoms with Crippen molar-refractivity contribution in [3.05, 3.63) is 71.0 Å². The van der Waals surface area contributed by atoms with E-state index in [2.05, 4.69) is 0 Å². The number of rotatable bonds is 5. The van der Waals surface area contributed by atoms with Crippen LogP contribution in [0.2, 0.25) is 0 Å². The molecule has 2 aromatic rings. The van der Waals surface area contributed by atoms with Crippen molar-refractivity contribution in [1.82, 2.24) is 0 Å². The first-order chi connectivity index (χ1) is 12.9. The Bertz CT molecular complexity index is 929. The van der Waals surface area contributed by atoms with Crippen molar-refractivity contribution < 1.29 is 19.4 Å². The molecule has 0 radical (unpaired) electrons. The molecule has 0 bridgehead atoms. The smallest absolute Gasteiger partial charge is 0.294 e. The van der Waals surface area contributed by atoms with Crippen LogP contribution in [0.5, 0.6) is 5.75 Å². The van der Waals surface area contributed by atoms with Gasteiger partial charge < -0.3 is 9.84 Å². The minimum atomic E-state index is -0.705. The highest BCUT2D eigenvalue weighted by Gasteiger charge is 2.45. The van der Waals surface area contributed by atoms with E-state index in [-0.39, 0.29) is 17.3 Å². The fourth-order valence-electron chi connectivity index (χ4n) is 3.40. The number of nitrogens with zero attached hydrogens (tertiary/aromatic N) is 1. The van der Waals surface area contributed by atoms with Gasteiger partial charge in [-0.2, -0.15) is 0 Å². The van der Waals surface area contributed by atoms with Gasteiger partial charge in [-0.25, -0.2) is 0 Å². The maximum atomic E-state index is 13.0. The molecule has 1 unspecified atom stereocenters. The summed E-state index contributed by atoms with van der Waals surface area (Å²) in [5.74, 6) is -1.19. The molecule has 0 aromatic heterocycles. The second kappa shape index (κ2) is 7.27. The van der Waals surface area contributed by atoms with Crippen molar-refractivity contribution >= 4 is 17.4 Å². The van der Waals surface area contributed by atoms with Crippen LogP contribution in [0.4, 0.5) is 5.69 Å². The number of hydrogen-bond acceptors (Lipinski definition) is 4. The summed E-state index contributed by atoms with van der Waals surface area (Å²) in [6.07, 6.45) is 0. The molecular weight excluding hydrogens is 342 g/mol. The lowest BCUT2D eigenvalue weighted by Gasteiger charge is -2.28. The van der Waals surface area contributed by atoms with Gasteiger partial charge in [-0.3, -0.25) is 14.5 Å². The van der Waals surface area contributed by atoms with E-state index in [1.165, 1.54) is 12.0 Å². The van der Waals surface area contributed by atoms with Gasteiger partial charge in [0.1, 0.15) is 5.75 Å². The zero-order valence-corrected chi connectivity index (χ0v) is 15.9. The number of aliphatic hydroxyl groups excluding tert-OH is 1. The van der Waals surface area contributed by atoms with Crippen LogP contribution in [-0.2, 0) is 9.59 Å². The van der Waals surface area contributed by atoms with Crippen LogP contribution >= 0.6 is 0 Å². The fourth-order valence-corrected chi connectivity index (χ4v) is 3.40. The van der Waals surface area contributed by atoms with Gasteiger partial charge in [0.05, 0.1) is 24.4 Å². The number of Topliss-reactive ketones (excluding diaryl/α,β-unsaturated/α-hetero) is 1. The predicted molar refractivity (Wildman–Crippen MR) is 104 cm³/mol. The summed E-state index contributed by atoms with van der Waals surface area (Å²) < 4.78 is 5.41. The molecule has 5 heteroatoms. The Kier molecular flexibility index (Phi) is 5.04. The van der Waals surface area contributed by atoms with Crippen LogP contribution in [0.15, 0.2) is 59.9 Å². The van der Waals surface area contributed by atoms with Gasteiger partial charge in [-0.1, -0.05) is 55.8 Å². The van der Waals surface area contributed by atoms with Gasteiger partial charge in [0.25, 0.3) is 5.91 Å². The van der Waals surface area contributed by atoms with Crippen LogP contribution in [0.1, 0.15) is 31.0 Å². The molecule has 2 aromatic carbocycles. The summed E-state index contributed by atoms with van der Waals surface area (Å²) in [4.78, 5) is 27.3. The average molecular weight is 365 g/mol. The van der Waals surface area contributed by atoms with Crippen molar-refractivity contribution in [2.75, 3.05) is 12.0 Å². The molecule has 1 heterocycles. The summed E-state index contributed by atoms with van der Waals surface area (Å²) >= 11 is 0. The van der Waals surface area contributed by atoms with Gasteiger partial charge in [-0.15, -0.1) is 0 Å². The molecule has 27 heavy (non-hydrogen) atoms. The number of hydrogen-bond donors (Lipinski definition) is 1. The molecule has 5 nitrogen and oxygen atoms in total. The first-order valence-corrected chi connectivity index (χ1v) is 8.87. The van der Waals surface area contributed by atoms with Gasteiger partial charge in [0, 0.05) is 5.92 Å². The number of anilines is 1. The number of carbonyl (C=O) groups is 2. The Morgan fingerprint density at radius 3 is 2.48 bits per heavy atom. The van der Waals surface area contributed by atoms with Crippen molar-refractivity contribution in [2.45, 2.75) is 26.8 Å². The van der Waals surface area contributed by atoms with E-state index < -0.39 is 17.7 Å². The van der Waals surface area contributed by atoms with Crippen LogP contribution < -0.4 is 9.64 Å². The molecule has 1 N–H and O–H groups in total. The maximum Gasteiger partial charge on any atom is 0.294 e. The summed E-state index contributed by atoms with van der Waals surface area (Å²) in [5.41, 5.74) is 2.41. The Hall–Kier alpha value is -3.08. The van der Waals surface area contributed by atoms with E-state index in [1.54, 1.807) is 38.1 Å². The predicted octanol–water partition coefficient (Wildman–Crippen LogP) is 4.13. The zero-order valence-electron chi connectivity index (χ0n) is 15.9. The minimum absolute atomic E-state index is 0.131. The third-order valence-corrected chi connectivity index (χ3v) is 4.70. The summed E-state index contributed by atoms with van der Waals surface area (Å²) in [6.45, 7) is 5.46. The van der Waals surface area contributed by atoms with Gasteiger partial charge >= 0.3 is 0 Å². The van der Waals surface area contributed by atoms with Crippen molar-refractivity contribution in [1.29, 1.82) is 0 Å². The van der Waals surface area contributed by atoms with Crippen molar-refractivity contribution in [3.8, 4) is 5.75 Å². The normalized spacial score (nSPS) is 17.0. The number of methoxy groups -OCH3 is 1. The minimum Gasteiger partial charge on any atom is -0.503 e.